The zero-order valence-electron chi connectivity index (χ0n) is 15.6. The Morgan fingerprint density at radius 1 is 1.12 bits per heavy atom. The zero-order valence-corrected chi connectivity index (χ0v) is 16.4. The zero-order chi connectivity index (χ0) is 18.5. The van der Waals surface area contributed by atoms with Crippen molar-refractivity contribution < 1.29 is 4.74 Å². The van der Waals surface area contributed by atoms with E-state index in [1.54, 1.807) is 11.3 Å². The summed E-state index contributed by atoms with van der Waals surface area (Å²) < 4.78 is 6.15. The number of thiazole rings is 1. The van der Waals surface area contributed by atoms with Crippen molar-refractivity contribution in [3.8, 4) is 17.0 Å². The lowest BCUT2D eigenvalue weighted by Gasteiger charge is -2.15. The van der Waals surface area contributed by atoms with Crippen molar-refractivity contribution in [3.05, 3.63) is 70.0 Å². The fraction of sp³-hybridized carbons (Fsp3) is 0.318. The second kappa shape index (κ2) is 8.47. The highest BCUT2D eigenvalue weighted by Crippen LogP contribution is 2.35. The molecular weight excluding hydrogens is 340 g/mol. The van der Waals surface area contributed by atoms with Crippen LogP contribution >= 0.6 is 11.3 Å². The molecule has 2 atom stereocenters. The van der Waals surface area contributed by atoms with Gasteiger partial charge in [-0.2, -0.15) is 0 Å². The van der Waals surface area contributed by atoms with Crippen molar-refractivity contribution in [3.63, 3.8) is 0 Å². The molecule has 1 aromatic heterocycles. The van der Waals surface area contributed by atoms with Crippen LogP contribution in [-0.2, 0) is 6.61 Å². The van der Waals surface area contributed by atoms with E-state index < -0.39 is 0 Å². The smallest absolute Gasteiger partial charge is 0.129 e. The minimum Gasteiger partial charge on any atom is -0.488 e. The van der Waals surface area contributed by atoms with Gasteiger partial charge in [0, 0.05) is 10.9 Å². The van der Waals surface area contributed by atoms with Gasteiger partial charge in [0.1, 0.15) is 17.4 Å². The number of rotatable bonds is 7. The van der Waals surface area contributed by atoms with Crippen molar-refractivity contribution in [1.29, 1.82) is 0 Å². The maximum Gasteiger partial charge on any atom is 0.129 e. The van der Waals surface area contributed by atoms with Crippen molar-refractivity contribution in [2.75, 3.05) is 0 Å². The molecule has 0 aliphatic carbocycles. The Labute approximate surface area is 159 Å². The Balaban J connectivity index is 1.94. The molecule has 3 rings (SSSR count). The number of nitrogens with two attached hydrogens (primary N) is 1. The van der Waals surface area contributed by atoms with Gasteiger partial charge in [-0.3, -0.25) is 0 Å². The highest BCUT2D eigenvalue weighted by Gasteiger charge is 2.15. The first-order valence-corrected chi connectivity index (χ1v) is 9.98. The predicted molar refractivity (Wildman–Crippen MR) is 110 cm³/mol. The maximum atomic E-state index is 6.15. The second-order valence-electron chi connectivity index (χ2n) is 6.70. The predicted octanol–water partition coefficient (Wildman–Crippen LogP) is 5.92. The van der Waals surface area contributed by atoms with E-state index in [0.29, 0.717) is 12.5 Å². The van der Waals surface area contributed by atoms with Crippen molar-refractivity contribution in [1.82, 2.24) is 4.98 Å². The van der Waals surface area contributed by atoms with E-state index in [-0.39, 0.29) is 6.04 Å². The van der Waals surface area contributed by atoms with Crippen LogP contribution in [0.2, 0.25) is 0 Å². The van der Waals surface area contributed by atoms with E-state index in [1.165, 1.54) is 5.56 Å². The van der Waals surface area contributed by atoms with Gasteiger partial charge in [0.05, 0.1) is 11.7 Å². The maximum absolute atomic E-state index is 6.15. The molecule has 0 bridgehead atoms. The lowest BCUT2D eigenvalue weighted by molar-refractivity contribution is 0.307. The molecule has 1 heterocycles. The molecular formula is C22H26N2OS. The summed E-state index contributed by atoms with van der Waals surface area (Å²) in [5, 5.41) is 3.02. The van der Waals surface area contributed by atoms with Gasteiger partial charge in [0.15, 0.2) is 0 Å². The summed E-state index contributed by atoms with van der Waals surface area (Å²) >= 11 is 1.60. The fourth-order valence-electron chi connectivity index (χ4n) is 2.77. The van der Waals surface area contributed by atoms with E-state index >= 15 is 0 Å². The van der Waals surface area contributed by atoms with Crippen molar-refractivity contribution >= 4 is 11.3 Å². The molecule has 0 fully saturated rings. The molecule has 0 saturated carbocycles. The molecule has 0 aliphatic heterocycles. The van der Waals surface area contributed by atoms with Gasteiger partial charge in [-0.15, -0.1) is 11.3 Å². The van der Waals surface area contributed by atoms with Crippen LogP contribution in [-0.4, -0.2) is 4.98 Å². The molecule has 2 aromatic carbocycles. The van der Waals surface area contributed by atoms with E-state index in [1.807, 2.05) is 25.1 Å². The van der Waals surface area contributed by atoms with E-state index in [0.717, 1.165) is 34.0 Å². The Morgan fingerprint density at radius 2 is 1.88 bits per heavy atom. The molecule has 0 aliphatic rings. The third kappa shape index (κ3) is 4.32. The van der Waals surface area contributed by atoms with E-state index in [4.69, 9.17) is 15.5 Å². The normalized spacial score (nSPS) is 13.4. The van der Waals surface area contributed by atoms with Crippen LogP contribution in [0.4, 0.5) is 0 Å². The molecule has 136 valence electrons. The molecule has 0 amide bonds. The van der Waals surface area contributed by atoms with Gasteiger partial charge in [-0.05, 0) is 42.5 Å². The number of aromatic nitrogens is 1. The average molecular weight is 367 g/mol. The van der Waals surface area contributed by atoms with Gasteiger partial charge >= 0.3 is 0 Å². The summed E-state index contributed by atoms with van der Waals surface area (Å²) in [5.74, 6) is 1.37. The molecule has 0 radical (unpaired) electrons. The van der Waals surface area contributed by atoms with Crippen molar-refractivity contribution in [2.45, 2.75) is 45.8 Å². The van der Waals surface area contributed by atoms with Crippen LogP contribution in [0.5, 0.6) is 5.75 Å². The lowest BCUT2D eigenvalue weighted by atomic mass is 9.96. The summed E-state index contributed by atoms with van der Waals surface area (Å²) in [6.07, 6.45) is 1.10. The van der Waals surface area contributed by atoms with E-state index in [2.05, 4.69) is 49.6 Å². The Morgan fingerprint density at radius 3 is 2.54 bits per heavy atom. The van der Waals surface area contributed by atoms with E-state index in [9.17, 15) is 0 Å². The molecule has 0 saturated heterocycles. The molecule has 26 heavy (non-hydrogen) atoms. The minimum absolute atomic E-state index is 0.0554. The lowest BCUT2D eigenvalue weighted by Crippen LogP contribution is -2.04. The Bertz CT molecular complexity index is 842. The highest BCUT2D eigenvalue weighted by molar-refractivity contribution is 7.10. The van der Waals surface area contributed by atoms with Crippen LogP contribution in [0.25, 0.3) is 11.3 Å². The van der Waals surface area contributed by atoms with Crippen LogP contribution in [0.3, 0.4) is 0 Å². The van der Waals surface area contributed by atoms with Gasteiger partial charge in [-0.25, -0.2) is 4.98 Å². The van der Waals surface area contributed by atoms with Gasteiger partial charge in [0.25, 0.3) is 0 Å². The van der Waals surface area contributed by atoms with Crippen LogP contribution in [0, 0.1) is 0 Å². The number of hydrogen-bond donors (Lipinski definition) is 1. The van der Waals surface area contributed by atoms with Gasteiger partial charge in [0.2, 0.25) is 0 Å². The summed E-state index contributed by atoms with van der Waals surface area (Å²) in [6, 6.07) is 16.6. The third-order valence-electron chi connectivity index (χ3n) is 4.61. The first-order chi connectivity index (χ1) is 12.6. The number of hydrogen-bond acceptors (Lipinski definition) is 4. The van der Waals surface area contributed by atoms with Crippen LogP contribution in [0.1, 0.15) is 55.3 Å². The SMILES string of the molecule is CCC(C)c1ccc(OCc2ccccc2)c(-c2csc(C(C)N)n2)c1. The monoisotopic (exact) mass is 366 g/mol. The average Bonchev–Trinajstić information content (AvgIpc) is 3.17. The largest absolute Gasteiger partial charge is 0.488 e. The molecule has 3 nitrogen and oxygen atoms in total. The topological polar surface area (TPSA) is 48.1 Å². The number of nitrogens with zero attached hydrogens (tertiary/aromatic N) is 1. The molecule has 2 unspecified atom stereocenters. The van der Waals surface area contributed by atoms with Crippen molar-refractivity contribution in [2.24, 2.45) is 5.73 Å². The third-order valence-corrected chi connectivity index (χ3v) is 5.66. The highest BCUT2D eigenvalue weighted by atomic mass is 32.1. The summed E-state index contributed by atoms with van der Waals surface area (Å²) in [4.78, 5) is 4.74. The first kappa shape index (κ1) is 18.6. The van der Waals surface area contributed by atoms with Crippen LogP contribution in [0.15, 0.2) is 53.9 Å². The number of benzene rings is 2. The van der Waals surface area contributed by atoms with Crippen LogP contribution < -0.4 is 10.5 Å². The minimum atomic E-state index is -0.0554. The summed E-state index contributed by atoms with van der Waals surface area (Å²) in [6.45, 7) is 6.96. The summed E-state index contributed by atoms with van der Waals surface area (Å²) in [5.41, 5.74) is 10.4. The van der Waals surface area contributed by atoms with Gasteiger partial charge < -0.3 is 10.5 Å². The van der Waals surface area contributed by atoms with Gasteiger partial charge in [-0.1, -0.05) is 50.2 Å². The molecule has 4 heteroatoms. The number of ether oxygens (including phenoxy) is 1. The summed E-state index contributed by atoms with van der Waals surface area (Å²) in [7, 11) is 0. The Hall–Kier alpha value is -2.17. The molecule has 3 aromatic rings. The standard InChI is InChI=1S/C22H26N2OS/c1-4-15(2)18-10-11-21(25-13-17-8-6-5-7-9-17)19(12-18)20-14-26-22(24-20)16(3)23/h5-12,14-16H,4,13,23H2,1-3H3. The quantitative estimate of drug-likeness (QED) is 0.564. The Kier molecular flexibility index (Phi) is 6.07. The first-order valence-electron chi connectivity index (χ1n) is 9.10. The molecule has 2 N–H and O–H groups in total. The fourth-order valence-corrected chi connectivity index (χ4v) is 3.55. The second-order valence-corrected chi connectivity index (χ2v) is 7.59. The molecule has 0 spiro atoms.